The summed E-state index contributed by atoms with van der Waals surface area (Å²) >= 11 is 0. The smallest absolute Gasteiger partial charge is 0.314 e. The molecule has 1 saturated heterocycles. The molecular formula is C5H7NO4. The van der Waals surface area contributed by atoms with Crippen LogP contribution in [-0.4, -0.2) is 24.6 Å². The first-order valence-electron chi connectivity index (χ1n) is 2.73. The topological polar surface area (TPSA) is 48.0 Å². The third-order valence-electron chi connectivity index (χ3n) is 0.808. The van der Waals surface area contributed by atoms with E-state index < -0.39 is 5.97 Å². The van der Waals surface area contributed by atoms with E-state index in [1.54, 1.807) is 0 Å². The highest BCUT2D eigenvalue weighted by Gasteiger charge is 2.16. The summed E-state index contributed by atoms with van der Waals surface area (Å²) in [5.74, 6) is -0.609. The van der Waals surface area contributed by atoms with Crippen LogP contribution in [0.5, 0.6) is 0 Å². The Balaban J connectivity index is 2.23. The van der Waals surface area contributed by atoms with Gasteiger partial charge in [-0.05, 0) is 0 Å². The van der Waals surface area contributed by atoms with Crippen molar-refractivity contribution in [2.24, 2.45) is 0 Å². The molecule has 0 amide bonds. The molecule has 0 N–H and O–H groups in total. The SMILES string of the molecule is C=CC(=O)ON1OCCO1. The van der Waals surface area contributed by atoms with Gasteiger partial charge < -0.3 is 4.84 Å². The molecule has 5 nitrogen and oxygen atoms in total. The molecule has 0 aliphatic carbocycles. The Morgan fingerprint density at radius 1 is 1.60 bits per heavy atom. The highest BCUT2D eigenvalue weighted by Crippen LogP contribution is 2.01. The van der Waals surface area contributed by atoms with Crippen molar-refractivity contribution in [3.8, 4) is 0 Å². The zero-order valence-electron chi connectivity index (χ0n) is 5.28. The van der Waals surface area contributed by atoms with E-state index in [0.29, 0.717) is 18.6 Å². The molecule has 1 heterocycles. The summed E-state index contributed by atoms with van der Waals surface area (Å²) < 4.78 is 0. The van der Waals surface area contributed by atoms with Gasteiger partial charge in [0.05, 0.1) is 0 Å². The van der Waals surface area contributed by atoms with Crippen LogP contribution in [0.2, 0.25) is 0 Å². The molecule has 0 spiro atoms. The maximum absolute atomic E-state index is 10.4. The fraction of sp³-hybridized carbons (Fsp3) is 0.400. The lowest BCUT2D eigenvalue weighted by Crippen LogP contribution is -2.20. The Labute approximate surface area is 57.6 Å². The number of rotatable bonds is 2. The number of carbonyl (C=O) groups is 1. The van der Waals surface area contributed by atoms with Crippen molar-refractivity contribution in [1.82, 2.24) is 5.39 Å². The Morgan fingerprint density at radius 2 is 2.20 bits per heavy atom. The Hall–Kier alpha value is -0.910. The first-order chi connectivity index (χ1) is 4.83. The van der Waals surface area contributed by atoms with Gasteiger partial charge in [0.2, 0.25) is 0 Å². The van der Waals surface area contributed by atoms with Crippen molar-refractivity contribution in [3.05, 3.63) is 12.7 Å². The van der Waals surface area contributed by atoms with Crippen LogP contribution in [0.1, 0.15) is 0 Å². The van der Waals surface area contributed by atoms with Gasteiger partial charge in [-0.25, -0.2) is 14.5 Å². The minimum atomic E-state index is -0.609. The molecule has 0 saturated carbocycles. The summed E-state index contributed by atoms with van der Waals surface area (Å²) in [4.78, 5) is 24.1. The van der Waals surface area contributed by atoms with Crippen molar-refractivity contribution in [1.29, 1.82) is 0 Å². The molecule has 0 radical (unpaired) electrons. The van der Waals surface area contributed by atoms with Crippen LogP contribution >= 0.6 is 0 Å². The molecule has 0 aromatic carbocycles. The molecule has 10 heavy (non-hydrogen) atoms. The first-order valence-corrected chi connectivity index (χ1v) is 2.73. The van der Waals surface area contributed by atoms with Crippen LogP contribution in [0.3, 0.4) is 0 Å². The van der Waals surface area contributed by atoms with Crippen LogP contribution in [0.15, 0.2) is 12.7 Å². The average molecular weight is 145 g/mol. The molecule has 1 aliphatic heterocycles. The second kappa shape index (κ2) is 3.31. The second-order valence-electron chi connectivity index (χ2n) is 1.50. The van der Waals surface area contributed by atoms with Crippen molar-refractivity contribution >= 4 is 5.97 Å². The second-order valence-corrected chi connectivity index (χ2v) is 1.50. The van der Waals surface area contributed by atoms with E-state index in [4.69, 9.17) is 0 Å². The highest BCUT2D eigenvalue weighted by molar-refractivity contribution is 5.80. The van der Waals surface area contributed by atoms with E-state index in [9.17, 15) is 4.79 Å². The summed E-state index contributed by atoms with van der Waals surface area (Å²) in [6.45, 7) is 3.98. The lowest BCUT2D eigenvalue weighted by molar-refractivity contribution is -0.458. The monoisotopic (exact) mass is 145 g/mol. The lowest BCUT2D eigenvalue weighted by atomic mass is 10.7. The van der Waals surface area contributed by atoms with Crippen LogP contribution in [0.4, 0.5) is 0 Å². The highest BCUT2D eigenvalue weighted by atomic mass is 17.2. The minimum absolute atomic E-state index is 0.393. The summed E-state index contributed by atoms with van der Waals surface area (Å²) in [6.07, 6.45) is 1.02. The van der Waals surface area contributed by atoms with Gasteiger partial charge in [0, 0.05) is 6.08 Å². The summed E-state index contributed by atoms with van der Waals surface area (Å²) in [5, 5.41) is 0.671. The number of carbonyl (C=O) groups excluding carboxylic acids is 1. The molecule has 1 rings (SSSR count). The lowest BCUT2D eigenvalue weighted by Gasteiger charge is -2.07. The van der Waals surface area contributed by atoms with Crippen LogP contribution < -0.4 is 0 Å². The minimum Gasteiger partial charge on any atom is -0.314 e. The molecular weight excluding hydrogens is 138 g/mol. The number of hydrogen-bond acceptors (Lipinski definition) is 5. The van der Waals surface area contributed by atoms with E-state index in [-0.39, 0.29) is 0 Å². The Bertz CT molecular complexity index is 141. The molecule has 0 aromatic heterocycles. The van der Waals surface area contributed by atoms with Gasteiger partial charge in [0.15, 0.2) is 0 Å². The molecule has 0 atom stereocenters. The molecule has 0 bridgehead atoms. The van der Waals surface area contributed by atoms with Gasteiger partial charge in [-0.1, -0.05) is 6.58 Å². The fourth-order valence-electron chi connectivity index (χ4n) is 0.424. The third-order valence-corrected chi connectivity index (χ3v) is 0.808. The van der Waals surface area contributed by atoms with Crippen LogP contribution in [0.25, 0.3) is 0 Å². The van der Waals surface area contributed by atoms with E-state index >= 15 is 0 Å². The zero-order valence-corrected chi connectivity index (χ0v) is 5.28. The van der Waals surface area contributed by atoms with E-state index in [1.807, 2.05) is 0 Å². The van der Waals surface area contributed by atoms with Crippen molar-refractivity contribution in [3.63, 3.8) is 0 Å². The number of hydrogen-bond donors (Lipinski definition) is 0. The molecule has 5 heteroatoms. The molecule has 0 unspecified atom stereocenters. The van der Waals surface area contributed by atoms with Gasteiger partial charge >= 0.3 is 5.97 Å². The predicted molar refractivity (Wildman–Crippen MR) is 30.0 cm³/mol. The fourth-order valence-corrected chi connectivity index (χ4v) is 0.424. The van der Waals surface area contributed by atoms with Crippen LogP contribution in [-0.2, 0) is 19.3 Å². The Morgan fingerprint density at radius 3 is 2.70 bits per heavy atom. The van der Waals surface area contributed by atoms with Crippen molar-refractivity contribution in [2.75, 3.05) is 13.2 Å². The van der Waals surface area contributed by atoms with Crippen molar-refractivity contribution in [2.45, 2.75) is 0 Å². The summed E-state index contributed by atoms with van der Waals surface area (Å²) in [5.41, 5.74) is 0. The van der Waals surface area contributed by atoms with Crippen LogP contribution in [0, 0.1) is 0 Å². The average Bonchev–Trinajstić information content (AvgIpc) is 2.40. The maximum Gasteiger partial charge on any atom is 0.354 e. The number of nitrogens with zero attached hydrogens (tertiary/aromatic N) is 1. The quantitative estimate of drug-likeness (QED) is 0.504. The largest absolute Gasteiger partial charge is 0.354 e. The molecule has 56 valence electrons. The van der Waals surface area contributed by atoms with Gasteiger partial charge in [-0.2, -0.15) is 0 Å². The predicted octanol–water partition coefficient (Wildman–Crippen LogP) is -0.191. The van der Waals surface area contributed by atoms with Crippen molar-refractivity contribution < 1.29 is 19.3 Å². The standard InChI is InChI=1S/C5H7NO4/c1-2-5(7)10-6-8-3-4-9-6/h2H,1,3-4H2. The zero-order chi connectivity index (χ0) is 7.40. The van der Waals surface area contributed by atoms with E-state index in [0.717, 1.165) is 6.08 Å². The van der Waals surface area contributed by atoms with E-state index in [1.165, 1.54) is 0 Å². The van der Waals surface area contributed by atoms with Gasteiger partial charge in [-0.15, -0.1) is 0 Å². The normalized spacial score (nSPS) is 18.8. The third kappa shape index (κ3) is 1.80. The molecule has 1 fully saturated rings. The molecule has 0 aromatic rings. The van der Waals surface area contributed by atoms with Gasteiger partial charge in [-0.3, -0.25) is 0 Å². The van der Waals surface area contributed by atoms with E-state index in [2.05, 4.69) is 21.1 Å². The van der Waals surface area contributed by atoms with Gasteiger partial charge in [0.1, 0.15) is 18.6 Å². The maximum atomic E-state index is 10.4. The van der Waals surface area contributed by atoms with Gasteiger partial charge in [0.25, 0.3) is 0 Å². The molecule has 1 aliphatic rings. The Kier molecular flexibility index (Phi) is 2.38. The summed E-state index contributed by atoms with van der Waals surface area (Å²) in [7, 11) is 0. The first kappa shape index (κ1) is 7.20. The summed E-state index contributed by atoms with van der Waals surface area (Å²) in [6, 6.07) is 0.